The van der Waals surface area contributed by atoms with Crippen LogP contribution >= 0.6 is 0 Å². The van der Waals surface area contributed by atoms with Crippen LogP contribution in [-0.4, -0.2) is 12.9 Å². The fourth-order valence-corrected chi connectivity index (χ4v) is 2.50. The van der Waals surface area contributed by atoms with Gasteiger partial charge in [-0.3, -0.25) is 0 Å². The van der Waals surface area contributed by atoms with Gasteiger partial charge in [0, 0.05) is 6.54 Å². The topological polar surface area (TPSA) is 30.5 Å². The van der Waals surface area contributed by atoms with Crippen molar-refractivity contribution in [3.05, 3.63) is 59.2 Å². The molecule has 1 heterocycles. The third kappa shape index (κ3) is 4.39. The van der Waals surface area contributed by atoms with E-state index in [2.05, 4.69) is 16.1 Å². The average molecular weight is 323 g/mol. The van der Waals surface area contributed by atoms with Gasteiger partial charge in [-0.25, -0.2) is 0 Å². The van der Waals surface area contributed by atoms with Gasteiger partial charge in [0.2, 0.25) is 0 Å². The fourth-order valence-electron chi connectivity index (χ4n) is 2.50. The van der Waals surface area contributed by atoms with E-state index in [0.717, 1.165) is 30.8 Å². The van der Waals surface area contributed by atoms with Gasteiger partial charge < -0.3 is 14.8 Å². The molecule has 2 aromatic carbocycles. The molecule has 3 nitrogen and oxygen atoms in total. The van der Waals surface area contributed by atoms with Gasteiger partial charge >= 0.3 is 6.36 Å². The van der Waals surface area contributed by atoms with Crippen LogP contribution in [0.1, 0.15) is 16.7 Å². The number of fused-ring (bicyclic) bond motifs is 1. The van der Waals surface area contributed by atoms with Gasteiger partial charge in [-0.15, -0.1) is 13.2 Å². The summed E-state index contributed by atoms with van der Waals surface area (Å²) in [6, 6.07) is 11.7. The predicted molar refractivity (Wildman–Crippen MR) is 79.3 cm³/mol. The molecule has 3 rings (SSSR count). The Labute approximate surface area is 132 Å². The van der Waals surface area contributed by atoms with Gasteiger partial charge in [-0.2, -0.15) is 0 Å². The van der Waals surface area contributed by atoms with E-state index in [1.165, 1.54) is 23.3 Å². The second-order valence-electron chi connectivity index (χ2n) is 5.34. The van der Waals surface area contributed by atoms with Crippen LogP contribution in [0, 0.1) is 0 Å². The molecular formula is C17H16F3NO2. The third-order valence-electron chi connectivity index (χ3n) is 3.63. The summed E-state index contributed by atoms with van der Waals surface area (Å²) < 4.78 is 45.8. The fraction of sp³-hybridized carbons (Fsp3) is 0.294. The van der Waals surface area contributed by atoms with E-state index in [9.17, 15) is 13.2 Å². The van der Waals surface area contributed by atoms with E-state index in [-0.39, 0.29) is 5.75 Å². The van der Waals surface area contributed by atoms with Crippen molar-refractivity contribution in [2.75, 3.05) is 6.54 Å². The van der Waals surface area contributed by atoms with E-state index in [1.807, 2.05) is 12.1 Å². The summed E-state index contributed by atoms with van der Waals surface area (Å²) in [4.78, 5) is 0. The Kier molecular flexibility index (Phi) is 4.43. The van der Waals surface area contributed by atoms with Crippen molar-refractivity contribution >= 4 is 0 Å². The first kappa shape index (κ1) is 15.7. The van der Waals surface area contributed by atoms with Gasteiger partial charge in [-0.05, 0) is 53.9 Å². The highest BCUT2D eigenvalue weighted by molar-refractivity contribution is 5.37. The van der Waals surface area contributed by atoms with E-state index in [4.69, 9.17) is 4.74 Å². The van der Waals surface area contributed by atoms with Crippen LogP contribution in [0.4, 0.5) is 13.2 Å². The summed E-state index contributed by atoms with van der Waals surface area (Å²) in [6.07, 6.45) is -3.66. The summed E-state index contributed by atoms with van der Waals surface area (Å²) in [5, 5.41) is 3.31. The molecule has 0 fully saturated rings. The maximum Gasteiger partial charge on any atom is 0.573 e. The monoisotopic (exact) mass is 323 g/mol. The van der Waals surface area contributed by atoms with E-state index >= 15 is 0 Å². The Balaban J connectivity index is 1.60. The van der Waals surface area contributed by atoms with Gasteiger partial charge in [-0.1, -0.05) is 18.2 Å². The number of halogens is 3. The highest BCUT2D eigenvalue weighted by atomic mass is 19.4. The minimum absolute atomic E-state index is 0.235. The molecule has 0 saturated heterocycles. The molecule has 0 amide bonds. The first-order valence-corrected chi connectivity index (χ1v) is 7.30. The zero-order valence-corrected chi connectivity index (χ0v) is 12.3. The Morgan fingerprint density at radius 1 is 0.957 bits per heavy atom. The lowest BCUT2D eigenvalue weighted by Gasteiger charge is -2.18. The Morgan fingerprint density at radius 3 is 2.43 bits per heavy atom. The second kappa shape index (κ2) is 6.50. The molecule has 0 bridgehead atoms. The van der Waals surface area contributed by atoms with Gasteiger partial charge in [0.25, 0.3) is 0 Å². The van der Waals surface area contributed by atoms with Crippen LogP contribution in [-0.2, 0) is 19.6 Å². The molecule has 6 heteroatoms. The normalized spacial score (nSPS) is 14.2. The quantitative estimate of drug-likeness (QED) is 0.928. The largest absolute Gasteiger partial charge is 0.573 e. The molecule has 0 radical (unpaired) electrons. The highest BCUT2D eigenvalue weighted by Gasteiger charge is 2.30. The second-order valence-corrected chi connectivity index (χ2v) is 5.34. The van der Waals surface area contributed by atoms with Crippen LogP contribution in [0.5, 0.6) is 11.5 Å². The van der Waals surface area contributed by atoms with Crippen molar-refractivity contribution < 1.29 is 22.6 Å². The molecule has 1 aliphatic heterocycles. The lowest BCUT2D eigenvalue weighted by Crippen LogP contribution is -2.23. The summed E-state index contributed by atoms with van der Waals surface area (Å²) in [6.45, 7) is 2.11. The molecule has 0 saturated carbocycles. The molecule has 1 aliphatic rings. The number of benzene rings is 2. The summed E-state index contributed by atoms with van der Waals surface area (Å²) in [7, 11) is 0. The summed E-state index contributed by atoms with van der Waals surface area (Å²) in [5.41, 5.74) is 3.32. The van der Waals surface area contributed by atoms with Crippen molar-refractivity contribution in [1.29, 1.82) is 0 Å². The van der Waals surface area contributed by atoms with Crippen molar-refractivity contribution in [1.82, 2.24) is 5.32 Å². The molecule has 0 aliphatic carbocycles. The lowest BCUT2D eigenvalue weighted by molar-refractivity contribution is -0.274. The average Bonchev–Trinajstić information content (AvgIpc) is 2.52. The Morgan fingerprint density at radius 2 is 1.70 bits per heavy atom. The maximum absolute atomic E-state index is 12.1. The van der Waals surface area contributed by atoms with Crippen LogP contribution in [0.3, 0.4) is 0 Å². The molecule has 0 atom stereocenters. The zero-order valence-electron chi connectivity index (χ0n) is 12.3. The minimum atomic E-state index is -4.67. The smallest absolute Gasteiger partial charge is 0.489 e. The maximum atomic E-state index is 12.1. The molecule has 0 aromatic heterocycles. The first-order valence-electron chi connectivity index (χ1n) is 7.30. The molecular weight excluding hydrogens is 307 g/mol. The van der Waals surface area contributed by atoms with Crippen LogP contribution in [0.25, 0.3) is 0 Å². The number of rotatable bonds is 4. The third-order valence-corrected chi connectivity index (χ3v) is 3.63. The minimum Gasteiger partial charge on any atom is -0.489 e. The standard InChI is InChI=1S/C17H16F3NO2/c18-17(19,20)23-15-4-1-12(2-5-15)11-22-16-6-3-13-7-8-21-10-14(13)9-16/h1-6,9,21H,7-8,10-11H2. The molecule has 0 spiro atoms. The Hall–Kier alpha value is -2.21. The summed E-state index contributed by atoms with van der Waals surface area (Å²) >= 11 is 0. The number of alkyl halides is 3. The van der Waals surface area contributed by atoms with Crippen molar-refractivity contribution in [3.8, 4) is 11.5 Å². The lowest BCUT2D eigenvalue weighted by atomic mass is 10.0. The van der Waals surface area contributed by atoms with Crippen molar-refractivity contribution in [2.24, 2.45) is 0 Å². The van der Waals surface area contributed by atoms with Crippen LogP contribution in [0.2, 0.25) is 0 Å². The van der Waals surface area contributed by atoms with Gasteiger partial charge in [0.15, 0.2) is 0 Å². The predicted octanol–water partition coefficient (Wildman–Crippen LogP) is 3.81. The van der Waals surface area contributed by atoms with Crippen molar-refractivity contribution in [3.63, 3.8) is 0 Å². The summed E-state index contributed by atoms with van der Waals surface area (Å²) in [5.74, 6) is 0.518. The molecule has 1 N–H and O–H groups in total. The van der Waals surface area contributed by atoms with E-state index in [1.54, 1.807) is 12.1 Å². The van der Waals surface area contributed by atoms with Gasteiger partial charge in [0.05, 0.1) is 0 Å². The van der Waals surface area contributed by atoms with Crippen LogP contribution < -0.4 is 14.8 Å². The molecule has 122 valence electrons. The highest BCUT2D eigenvalue weighted by Crippen LogP contribution is 2.24. The van der Waals surface area contributed by atoms with Gasteiger partial charge in [0.1, 0.15) is 18.1 Å². The Bertz CT molecular complexity index is 669. The van der Waals surface area contributed by atoms with Crippen LogP contribution in [0.15, 0.2) is 42.5 Å². The first-order chi connectivity index (χ1) is 11.0. The molecule has 2 aromatic rings. The van der Waals surface area contributed by atoms with Crippen molar-refractivity contribution in [2.45, 2.75) is 25.9 Å². The van der Waals surface area contributed by atoms with E-state index < -0.39 is 6.36 Å². The SMILES string of the molecule is FC(F)(F)Oc1ccc(COc2ccc3c(c2)CNCC3)cc1. The van der Waals surface area contributed by atoms with E-state index in [0.29, 0.717) is 6.61 Å². The zero-order chi connectivity index (χ0) is 16.3. The number of hydrogen-bond donors (Lipinski definition) is 1. The molecule has 23 heavy (non-hydrogen) atoms. The number of ether oxygens (including phenoxy) is 2. The molecule has 0 unspecified atom stereocenters. The number of hydrogen-bond acceptors (Lipinski definition) is 3. The number of nitrogens with one attached hydrogen (secondary N) is 1.